The Kier molecular flexibility index (Phi) is 2.52. The third-order valence-corrected chi connectivity index (χ3v) is 5.31. The van der Waals surface area contributed by atoms with E-state index in [2.05, 4.69) is 12.2 Å². The predicted octanol–water partition coefficient (Wildman–Crippen LogP) is 2.14. The molecular weight excluding hydrogens is 264 g/mol. The van der Waals surface area contributed by atoms with Gasteiger partial charge in [-0.25, -0.2) is 0 Å². The molecule has 0 radical (unpaired) electrons. The van der Waals surface area contributed by atoms with Gasteiger partial charge in [0.25, 0.3) is 0 Å². The molecule has 1 saturated heterocycles. The van der Waals surface area contributed by atoms with E-state index in [9.17, 15) is 9.59 Å². The topological polar surface area (TPSA) is 63.4 Å². The molecule has 2 aliphatic carbocycles. The van der Waals surface area contributed by atoms with Gasteiger partial charge < -0.3 is 5.73 Å². The summed E-state index contributed by atoms with van der Waals surface area (Å²) in [5.74, 6) is 0.296. The molecule has 0 spiro atoms. The summed E-state index contributed by atoms with van der Waals surface area (Å²) in [6.45, 7) is 1.91. The molecule has 1 saturated carbocycles. The molecule has 2 amide bonds. The summed E-state index contributed by atoms with van der Waals surface area (Å²) in [7, 11) is 0. The number of hydrogen-bond acceptors (Lipinski definition) is 3. The average Bonchev–Trinajstić information content (AvgIpc) is 3.13. The van der Waals surface area contributed by atoms with Crippen molar-refractivity contribution in [3.8, 4) is 0 Å². The molecule has 5 unspecified atom stereocenters. The zero-order valence-corrected chi connectivity index (χ0v) is 11.9. The fourth-order valence-electron chi connectivity index (χ4n) is 4.23. The molecule has 2 N–H and O–H groups in total. The first-order valence-corrected chi connectivity index (χ1v) is 7.48. The van der Waals surface area contributed by atoms with Crippen molar-refractivity contribution < 1.29 is 9.59 Å². The number of nitrogen functional groups attached to an aromatic ring is 1. The van der Waals surface area contributed by atoms with Gasteiger partial charge >= 0.3 is 0 Å². The number of carbonyl (C=O) groups excluding carboxylic acids is 2. The molecule has 1 aromatic carbocycles. The molecule has 2 bridgehead atoms. The van der Waals surface area contributed by atoms with Crippen LogP contribution >= 0.6 is 0 Å². The Hall–Kier alpha value is -2.10. The first kappa shape index (κ1) is 12.6. The Bertz CT molecular complexity index is 619. The van der Waals surface area contributed by atoms with Gasteiger partial charge in [0.2, 0.25) is 11.8 Å². The number of allylic oxidation sites excluding steroid dienone is 2. The van der Waals surface area contributed by atoms with Gasteiger partial charge in [0.1, 0.15) is 0 Å². The Morgan fingerprint density at radius 3 is 2.10 bits per heavy atom. The van der Waals surface area contributed by atoms with Gasteiger partial charge in [-0.1, -0.05) is 24.3 Å². The second-order valence-electron chi connectivity index (χ2n) is 6.39. The predicted molar refractivity (Wildman–Crippen MR) is 78.8 cm³/mol. The smallest absolute Gasteiger partial charge is 0.234 e. The number of likely N-dealkylation sites (tertiary alicyclic amines) is 1. The van der Waals surface area contributed by atoms with Gasteiger partial charge in [-0.3, -0.25) is 14.5 Å². The molecule has 4 nitrogen and oxygen atoms in total. The highest BCUT2D eigenvalue weighted by molar-refractivity contribution is 6.06. The molecule has 1 aliphatic heterocycles. The minimum Gasteiger partial charge on any atom is -0.399 e. The van der Waals surface area contributed by atoms with Gasteiger partial charge in [0, 0.05) is 5.69 Å². The molecule has 4 heteroatoms. The van der Waals surface area contributed by atoms with Crippen molar-refractivity contribution in [3.63, 3.8) is 0 Å². The number of carbonyl (C=O) groups is 2. The first-order chi connectivity index (χ1) is 10.1. The van der Waals surface area contributed by atoms with E-state index in [1.54, 1.807) is 0 Å². The van der Waals surface area contributed by atoms with Crippen molar-refractivity contribution in [2.45, 2.75) is 19.4 Å². The number of imide groups is 1. The van der Waals surface area contributed by atoms with Gasteiger partial charge in [0.15, 0.2) is 0 Å². The Morgan fingerprint density at radius 1 is 1.05 bits per heavy atom. The van der Waals surface area contributed by atoms with E-state index >= 15 is 0 Å². The molecule has 3 aliphatic rings. The number of hydrogen-bond donors (Lipinski definition) is 1. The van der Waals surface area contributed by atoms with Crippen LogP contribution in [0.25, 0.3) is 0 Å². The van der Waals surface area contributed by atoms with Crippen molar-refractivity contribution in [1.82, 2.24) is 4.90 Å². The van der Waals surface area contributed by atoms with Gasteiger partial charge in [-0.15, -0.1) is 0 Å². The van der Waals surface area contributed by atoms with E-state index in [0.717, 1.165) is 12.0 Å². The van der Waals surface area contributed by atoms with Crippen molar-refractivity contribution in [2.24, 2.45) is 23.7 Å². The van der Waals surface area contributed by atoms with Crippen LogP contribution < -0.4 is 5.73 Å². The lowest BCUT2D eigenvalue weighted by atomic mass is 9.85. The summed E-state index contributed by atoms with van der Waals surface area (Å²) in [5, 5.41) is 0. The van der Waals surface area contributed by atoms with E-state index in [-0.39, 0.29) is 41.5 Å². The Labute approximate surface area is 123 Å². The number of fused-ring (bicyclic) bond motifs is 5. The van der Waals surface area contributed by atoms with Gasteiger partial charge in [-0.05, 0) is 42.9 Å². The van der Waals surface area contributed by atoms with Crippen LogP contribution in [-0.4, -0.2) is 16.7 Å². The number of amides is 2. The first-order valence-electron chi connectivity index (χ1n) is 7.48. The minimum atomic E-state index is -0.226. The van der Waals surface area contributed by atoms with Crippen LogP contribution in [-0.2, 0) is 9.59 Å². The second kappa shape index (κ2) is 4.20. The van der Waals surface area contributed by atoms with Crippen molar-refractivity contribution in [3.05, 3.63) is 42.0 Å². The molecule has 1 heterocycles. The second-order valence-corrected chi connectivity index (χ2v) is 6.39. The molecule has 5 atom stereocenters. The average molecular weight is 282 g/mol. The lowest BCUT2D eigenvalue weighted by Crippen LogP contribution is -2.35. The van der Waals surface area contributed by atoms with E-state index < -0.39 is 0 Å². The largest absolute Gasteiger partial charge is 0.399 e. The number of nitrogens with two attached hydrogens (primary N) is 1. The summed E-state index contributed by atoms with van der Waals surface area (Å²) in [6, 6.07) is 7.17. The van der Waals surface area contributed by atoms with Gasteiger partial charge in [0.05, 0.1) is 17.9 Å². The lowest BCUT2D eigenvalue weighted by molar-refractivity contribution is -0.143. The fraction of sp³-hybridized carbons (Fsp3) is 0.412. The van der Waals surface area contributed by atoms with Crippen LogP contribution in [0.3, 0.4) is 0 Å². The summed E-state index contributed by atoms with van der Waals surface area (Å²) >= 11 is 0. The maximum Gasteiger partial charge on any atom is 0.234 e. The fourth-order valence-corrected chi connectivity index (χ4v) is 4.23. The Morgan fingerprint density at radius 2 is 1.57 bits per heavy atom. The summed E-state index contributed by atoms with van der Waals surface area (Å²) in [6.07, 6.45) is 5.21. The third kappa shape index (κ3) is 1.62. The highest BCUT2D eigenvalue weighted by atomic mass is 16.2. The number of benzene rings is 1. The molecule has 21 heavy (non-hydrogen) atoms. The van der Waals surface area contributed by atoms with Crippen LogP contribution in [0, 0.1) is 23.7 Å². The lowest BCUT2D eigenvalue weighted by Gasteiger charge is -2.25. The summed E-state index contributed by atoms with van der Waals surface area (Å²) in [4.78, 5) is 26.9. The summed E-state index contributed by atoms with van der Waals surface area (Å²) in [5.41, 5.74) is 7.33. The van der Waals surface area contributed by atoms with Crippen molar-refractivity contribution in [1.29, 1.82) is 0 Å². The zero-order chi connectivity index (χ0) is 14.7. The molecule has 4 rings (SSSR count). The van der Waals surface area contributed by atoms with Gasteiger partial charge in [-0.2, -0.15) is 0 Å². The van der Waals surface area contributed by atoms with Crippen LogP contribution in [0.5, 0.6) is 0 Å². The van der Waals surface area contributed by atoms with Crippen LogP contribution in [0.15, 0.2) is 36.4 Å². The van der Waals surface area contributed by atoms with E-state index in [1.807, 2.05) is 31.2 Å². The highest BCUT2D eigenvalue weighted by Crippen LogP contribution is 2.53. The summed E-state index contributed by atoms with van der Waals surface area (Å²) < 4.78 is 0. The maximum absolute atomic E-state index is 12.7. The molecular formula is C17H18N2O2. The normalized spacial score (nSPS) is 34.6. The molecule has 2 fully saturated rings. The SMILES string of the molecule is CC(c1ccc(N)cc1)N1C(=O)C2C3C=CC(C3)C2C1=O. The number of anilines is 1. The number of rotatable bonds is 2. The van der Waals surface area contributed by atoms with E-state index in [4.69, 9.17) is 5.73 Å². The number of nitrogens with zero attached hydrogens (tertiary/aromatic N) is 1. The molecule has 0 aromatic heterocycles. The minimum absolute atomic E-state index is 0.00572. The van der Waals surface area contributed by atoms with Crippen molar-refractivity contribution in [2.75, 3.05) is 5.73 Å². The van der Waals surface area contributed by atoms with Crippen LogP contribution in [0.4, 0.5) is 5.69 Å². The quantitative estimate of drug-likeness (QED) is 0.513. The van der Waals surface area contributed by atoms with Crippen molar-refractivity contribution >= 4 is 17.5 Å². The van der Waals surface area contributed by atoms with Crippen LogP contribution in [0.2, 0.25) is 0 Å². The molecule has 108 valence electrons. The highest BCUT2D eigenvalue weighted by Gasteiger charge is 2.60. The standard InChI is InChI=1S/C17H18N2O2/c1-9(10-4-6-13(18)7-5-10)19-16(20)14-11-2-3-12(8-11)15(14)17(19)21/h2-7,9,11-12,14-15H,8,18H2,1H3. The van der Waals surface area contributed by atoms with E-state index in [1.165, 1.54) is 4.90 Å². The van der Waals surface area contributed by atoms with Crippen LogP contribution in [0.1, 0.15) is 24.9 Å². The Balaban J connectivity index is 1.66. The molecule has 1 aromatic rings. The monoisotopic (exact) mass is 282 g/mol. The maximum atomic E-state index is 12.7. The third-order valence-electron chi connectivity index (χ3n) is 5.31. The van der Waals surface area contributed by atoms with E-state index in [0.29, 0.717) is 5.69 Å². The zero-order valence-electron chi connectivity index (χ0n) is 11.9.